The molecule has 0 atom stereocenters. The maximum Gasteiger partial charge on any atom is 0.348 e. The molecule has 3 aliphatic heterocycles. The standard InChI is InChI=1S/C16H11NO4S2/c1-2-20-15(18)12-9-7-21-10-6-4-3-5-8(10)11(9)13-14(22-12)17-16(19)23-13/h3-6H,2,7H2,1H3. The maximum absolute atomic E-state index is 12.3. The molecule has 116 valence electrons. The summed E-state index contributed by atoms with van der Waals surface area (Å²) in [6, 6.07) is 7.60. The molecule has 0 aromatic heterocycles. The fourth-order valence-electron chi connectivity index (χ4n) is 2.66. The predicted octanol–water partition coefficient (Wildman–Crippen LogP) is 3.41. The monoisotopic (exact) mass is 345 g/mol. The number of fused-ring (bicyclic) bond motifs is 5. The smallest absolute Gasteiger partial charge is 0.348 e. The summed E-state index contributed by atoms with van der Waals surface area (Å²) in [5, 5.41) is 0.568. The average molecular weight is 345 g/mol. The molecule has 3 heterocycles. The zero-order chi connectivity index (χ0) is 16.0. The van der Waals surface area contributed by atoms with E-state index in [0.29, 0.717) is 16.5 Å². The molecule has 0 fully saturated rings. The summed E-state index contributed by atoms with van der Waals surface area (Å²) in [5.74, 6) is 0.340. The van der Waals surface area contributed by atoms with Crippen LogP contribution in [0.2, 0.25) is 0 Å². The van der Waals surface area contributed by atoms with Gasteiger partial charge < -0.3 is 9.47 Å². The van der Waals surface area contributed by atoms with Crippen LogP contribution in [0, 0.1) is 0 Å². The molecule has 0 spiro atoms. The first-order chi connectivity index (χ1) is 11.2. The summed E-state index contributed by atoms with van der Waals surface area (Å²) in [5.41, 5.74) is 2.51. The predicted molar refractivity (Wildman–Crippen MR) is 88.6 cm³/mol. The lowest BCUT2D eigenvalue weighted by Gasteiger charge is -2.23. The summed E-state index contributed by atoms with van der Waals surface area (Å²) in [6.07, 6.45) is 0. The summed E-state index contributed by atoms with van der Waals surface area (Å²) in [4.78, 5) is 29.1. The zero-order valence-electron chi connectivity index (χ0n) is 12.1. The third-order valence-corrected chi connectivity index (χ3v) is 5.67. The summed E-state index contributed by atoms with van der Waals surface area (Å²) in [6.45, 7) is 2.33. The van der Waals surface area contributed by atoms with Gasteiger partial charge in [0.05, 0.1) is 11.5 Å². The van der Waals surface area contributed by atoms with E-state index in [2.05, 4.69) is 4.98 Å². The first-order valence-corrected chi connectivity index (χ1v) is 8.68. The molecule has 0 bridgehead atoms. The van der Waals surface area contributed by atoms with Gasteiger partial charge in [-0.1, -0.05) is 29.5 Å². The van der Waals surface area contributed by atoms with Crippen molar-refractivity contribution in [3.8, 4) is 26.8 Å². The third-order valence-electron chi connectivity index (χ3n) is 3.57. The van der Waals surface area contributed by atoms with E-state index < -0.39 is 5.97 Å². The molecule has 0 aliphatic carbocycles. The van der Waals surface area contributed by atoms with Crippen molar-refractivity contribution >= 4 is 28.6 Å². The maximum atomic E-state index is 12.3. The van der Waals surface area contributed by atoms with E-state index in [-0.39, 0.29) is 11.5 Å². The number of rotatable bonds is 2. The van der Waals surface area contributed by atoms with Gasteiger partial charge in [-0.15, -0.1) is 11.3 Å². The highest BCUT2D eigenvalue weighted by Crippen LogP contribution is 2.48. The number of nitrogens with zero attached hydrogens (tertiary/aromatic N) is 1. The molecule has 3 aliphatic rings. The number of carbonyl (C=O) groups is 1. The Kier molecular flexibility index (Phi) is 3.39. The van der Waals surface area contributed by atoms with Gasteiger partial charge in [-0.3, -0.25) is 4.79 Å². The number of carbonyl (C=O) groups excluding carboxylic acids is 1. The van der Waals surface area contributed by atoms with E-state index in [1.54, 1.807) is 6.92 Å². The second kappa shape index (κ2) is 5.43. The van der Waals surface area contributed by atoms with Gasteiger partial charge in [-0.2, -0.15) is 4.98 Å². The quantitative estimate of drug-likeness (QED) is 0.666. The number of thiazole rings is 1. The largest absolute Gasteiger partial charge is 0.488 e. The molecule has 1 aromatic rings. The van der Waals surface area contributed by atoms with Crippen LogP contribution in [0.3, 0.4) is 0 Å². The Balaban J connectivity index is 2.07. The van der Waals surface area contributed by atoms with E-state index in [9.17, 15) is 9.59 Å². The molecular weight excluding hydrogens is 334 g/mol. The topological polar surface area (TPSA) is 65.5 Å². The van der Waals surface area contributed by atoms with Gasteiger partial charge in [-0.25, -0.2) is 4.79 Å². The lowest BCUT2D eigenvalue weighted by molar-refractivity contribution is 0.0529. The second-order valence-electron chi connectivity index (χ2n) is 4.90. The SMILES string of the molecule is CCOC(=O)c1sc2nc(=O)sc-2c2c1COc1ccccc1-2. The highest BCUT2D eigenvalue weighted by atomic mass is 32.1. The molecule has 0 saturated carbocycles. The van der Waals surface area contributed by atoms with Crippen molar-refractivity contribution < 1.29 is 14.3 Å². The lowest BCUT2D eigenvalue weighted by atomic mass is 9.97. The second-order valence-corrected chi connectivity index (χ2v) is 6.86. The van der Waals surface area contributed by atoms with E-state index in [1.165, 1.54) is 11.3 Å². The molecule has 0 unspecified atom stereocenters. The van der Waals surface area contributed by atoms with E-state index in [1.807, 2.05) is 24.3 Å². The van der Waals surface area contributed by atoms with Crippen LogP contribution < -0.4 is 9.61 Å². The van der Waals surface area contributed by atoms with Crippen molar-refractivity contribution in [3.63, 3.8) is 0 Å². The van der Waals surface area contributed by atoms with Crippen LogP contribution >= 0.6 is 22.7 Å². The van der Waals surface area contributed by atoms with Gasteiger partial charge in [0.25, 0.3) is 0 Å². The summed E-state index contributed by atoms with van der Waals surface area (Å²) >= 11 is 2.29. The first-order valence-electron chi connectivity index (χ1n) is 7.05. The molecule has 5 nitrogen and oxygen atoms in total. The Morgan fingerprint density at radius 2 is 2.17 bits per heavy atom. The van der Waals surface area contributed by atoms with Crippen LogP contribution in [0.25, 0.3) is 21.0 Å². The molecule has 7 heteroatoms. The van der Waals surface area contributed by atoms with Gasteiger partial charge >= 0.3 is 10.8 Å². The number of ether oxygens (including phenoxy) is 2. The highest BCUT2D eigenvalue weighted by Gasteiger charge is 2.31. The normalized spacial score (nSPS) is 12.4. The molecule has 1 aromatic carbocycles. The molecule has 0 radical (unpaired) electrons. The zero-order valence-corrected chi connectivity index (χ0v) is 13.8. The van der Waals surface area contributed by atoms with E-state index in [0.717, 1.165) is 38.7 Å². The number of hydrogen-bond acceptors (Lipinski definition) is 7. The minimum absolute atomic E-state index is 0.261. The summed E-state index contributed by atoms with van der Waals surface area (Å²) < 4.78 is 10.9. The Morgan fingerprint density at radius 3 is 3.00 bits per heavy atom. The molecule has 4 rings (SSSR count). The molecular formula is C16H11NO4S2. The van der Waals surface area contributed by atoms with Crippen molar-refractivity contribution in [2.45, 2.75) is 13.5 Å². The lowest BCUT2D eigenvalue weighted by Crippen LogP contribution is -2.14. The number of hydrogen-bond donors (Lipinski definition) is 0. The van der Waals surface area contributed by atoms with Crippen LogP contribution in [-0.2, 0) is 11.3 Å². The van der Waals surface area contributed by atoms with Gasteiger partial charge in [0.1, 0.15) is 22.2 Å². The number of benzene rings is 1. The molecule has 0 N–H and O–H groups in total. The molecule has 0 amide bonds. The van der Waals surface area contributed by atoms with Crippen LogP contribution in [0.15, 0.2) is 29.1 Å². The molecule has 23 heavy (non-hydrogen) atoms. The van der Waals surface area contributed by atoms with Crippen molar-refractivity contribution in [1.82, 2.24) is 4.98 Å². The Labute approximate surface area is 139 Å². The Morgan fingerprint density at radius 1 is 1.35 bits per heavy atom. The molecule has 0 saturated heterocycles. The Hall–Kier alpha value is -2.25. The number of aromatic nitrogens is 1. The fourth-order valence-corrected chi connectivity index (χ4v) is 4.69. The van der Waals surface area contributed by atoms with Crippen LogP contribution in [0.1, 0.15) is 22.2 Å². The average Bonchev–Trinajstić information content (AvgIpc) is 2.93. The Bertz CT molecular complexity index is 944. The van der Waals surface area contributed by atoms with Crippen molar-refractivity contribution in [2.24, 2.45) is 0 Å². The van der Waals surface area contributed by atoms with Crippen molar-refractivity contribution in [1.29, 1.82) is 0 Å². The fraction of sp³-hybridized carbons (Fsp3) is 0.188. The number of esters is 1. The van der Waals surface area contributed by atoms with Crippen LogP contribution in [0.5, 0.6) is 5.75 Å². The number of para-hydroxylation sites is 1. The van der Waals surface area contributed by atoms with Gasteiger partial charge in [-0.05, 0) is 13.0 Å². The van der Waals surface area contributed by atoms with Crippen molar-refractivity contribution in [3.05, 3.63) is 44.4 Å². The van der Waals surface area contributed by atoms with E-state index >= 15 is 0 Å². The minimum atomic E-state index is -0.404. The van der Waals surface area contributed by atoms with Crippen LogP contribution in [-0.4, -0.2) is 17.6 Å². The van der Waals surface area contributed by atoms with Crippen LogP contribution in [0.4, 0.5) is 0 Å². The third kappa shape index (κ3) is 2.24. The first kappa shape index (κ1) is 14.3. The summed E-state index contributed by atoms with van der Waals surface area (Å²) in [7, 11) is 0. The minimum Gasteiger partial charge on any atom is -0.488 e. The van der Waals surface area contributed by atoms with Gasteiger partial charge in [0, 0.05) is 16.7 Å². The van der Waals surface area contributed by atoms with Crippen molar-refractivity contribution in [2.75, 3.05) is 6.61 Å². The van der Waals surface area contributed by atoms with Gasteiger partial charge in [0.15, 0.2) is 0 Å². The van der Waals surface area contributed by atoms with E-state index in [4.69, 9.17) is 9.47 Å². The highest BCUT2D eigenvalue weighted by molar-refractivity contribution is 7.23. The van der Waals surface area contributed by atoms with Gasteiger partial charge in [0.2, 0.25) is 0 Å².